The van der Waals surface area contributed by atoms with Crippen LogP contribution in [0.1, 0.15) is 39.3 Å². The zero-order chi connectivity index (χ0) is 46.1. The van der Waals surface area contributed by atoms with E-state index in [1.165, 1.54) is 18.2 Å². The number of fused-ring (bicyclic) bond motifs is 16. The average molecular weight is 903 g/mol. The molecule has 9 heteroatoms. The van der Waals surface area contributed by atoms with E-state index in [0.29, 0.717) is 22.6 Å². The summed E-state index contributed by atoms with van der Waals surface area (Å²) in [6.07, 6.45) is -6.44. The zero-order valence-corrected chi connectivity index (χ0v) is 35.9. The third-order valence-electron chi connectivity index (χ3n) is 14.2. The van der Waals surface area contributed by atoms with Gasteiger partial charge in [0.15, 0.2) is 0 Å². The number of hydrogen-bond donors (Lipinski definition) is 0. The van der Waals surface area contributed by atoms with Crippen LogP contribution < -0.4 is 14.5 Å². The molecule has 1 spiro atoms. The quantitative estimate of drug-likeness (QED) is 0.164. The zero-order valence-electron chi connectivity index (χ0n) is 35.9. The van der Waals surface area contributed by atoms with Crippen LogP contribution >= 0.6 is 0 Å². The Morgan fingerprint density at radius 1 is 0.515 bits per heavy atom. The molecule has 13 rings (SSSR count). The normalized spacial score (nSPS) is 17.2. The summed E-state index contributed by atoms with van der Waals surface area (Å²) in [5, 5.41) is 3.82. The van der Waals surface area contributed by atoms with Crippen molar-refractivity contribution in [2.75, 3.05) is 9.80 Å². The van der Waals surface area contributed by atoms with Gasteiger partial charge in [0.05, 0.1) is 39.3 Å². The van der Waals surface area contributed by atoms with Crippen molar-refractivity contribution in [2.24, 2.45) is 0 Å². The fourth-order valence-corrected chi connectivity index (χ4v) is 11.6. The Labute approximate surface area is 387 Å². The maximum Gasteiger partial charge on any atom is 0.416 e. The highest BCUT2D eigenvalue weighted by atomic mass is 19.4. The van der Waals surface area contributed by atoms with Gasteiger partial charge < -0.3 is 14.5 Å². The lowest BCUT2D eigenvalue weighted by Gasteiger charge is -2.45. The predicted molar refractivity (Wildman–Crippen MR) is 257 cm³/mol. The minimum atomic E-state index is -4.66. The summed E-state index contributed by atoms with van der Waals surface area (Å²) in [6.45, 7) is 0. The van der Waals surface area contributed by atoms with Gasteiger partial charge in [0.2, 0.25) is 0 Å². The lowest BCUT2D eigenvalue weighted by atomic mass is 9.64. The Morgan fingerprint density at radius 3 is 1.85 bits per heavy atom. The highest BCUT2D eigenvalue weighted by Crippen LogP contribution is 2.66. The molecule has 0 saturated carbocycles. The van der Waals surface area contributed by atoms with Crippen molar-refractivity contribution in [2.45, 2.75) is 29.8 Å². The van der Waals surface area contributed by atoms with Gasteiger partial charge in [-0.15, -0.1) is 0 Å². The van der Waals surface area contributed by atoms with Gasteiger partial charge in [0.1, 0.15) is 11.9 Å². The van der Waals surface area contributed by atoms with Gasteiger partial charge >= 0.3 is 12.4 Å². The van der Waals surface area contributed by atoms with E-state index in [1.54, 1.807) is 24.3 Å². The van der Waals surface area contributed by atoms with Crippen LogP contribution in [0.5, 0.6) is 5.75 Å². The van der Waals surface area contributed by atoms with Gasteiger partial charge in [-0.25, -0.2) is 0 Å². The van der Waals surface area contributed by atoms with Gasteiger partial charge in [0, 0.05) is 28.2 Å². The van der Waals surface area contributed by atoms with Crippen molar-refractivity contribution in [3.8, 4) is 16.9 Å². The van der Waals surface area contributed by atoms with Crippen LogP contribution in [0.3, 0.4) is 0 Å². The van der Waals surface area contributed by atoms with Crippen LogP contribution in [-0.2, 0) is 11.6 Å². The fourth-order valence-electron chi connectivity index (χ4n) is 11.6. The molecule has 9 aromatic rings. The van der Waals surface area contributed by atoms with E-state index in [9.17, 15) is 26.3 Å². The van der Waals surface area contributed by atoms with Gasteiger partial charge in [0.25, 0.3) is 0 Å². The number of nitrogens with zero attached hydrogens (tertiary/aromatic N) is 2. The number of benzene rings is 9. The van der Waals surface area contributed by atoms with E-state index < -0.39 is 40.9 Å². The summed E-state index contributed by atoms with van der Waals surface area (Å²) < 4.78 is 93.3. The smallest absolute Gasteiger partial charge is 0.416 e. The van der Waals surface area contributed by atoms with Gasteiger partial charge in [-0.2, -0.15) is 26.3 Å². The van der Waals surface area contributed by atoms with E-state index in [1.807, 2.05) is 59.5 Å². The summed E-state index contributed by atoms with van der Waals surface area (Å²) in [5.41, 5.74) is 8.50. The molecule has 4 aliphatic rings. The van der Waals surface area contributed by atoms with Crippen molar-refractivity contribution >= 4 is 55.7 Å². The molecule has 9 aromatic carbocycles. The maximum absolute atomic E-state index is 14.7. The number of para-hydroxylation sites is 4. The molecule has 2 unspecified atom stereocenters. The molecule has 2 heterocycles. The molecule has 0 N–H and O–H groups in total. The molecule has 2 atom stereocenters. The first-order valence-electron chi connectivity index (χ1n) is 22.4. The van der Waals surface area contributed by atoms with Crippen molar-refractivity contribution in [3.63, 3.8) is 0 Å². The summed E-state index contributed by atoms with van der Waals surface area (Å²) in [5.74, 6) is -0.517. The van der Waals surface area contributed by atoms with Crippen molar-refractivity contribution in [3.05, 3.63) is 245 Å². The van der Waals surface area contributed by atoms with Crippen molar-refractivity contribution in [1.29, 1.82) is 0 Å². The molecular formula is C59H36F6N2O. The second kappa shape index (κ2) is 14.5. The van der Waals surface area contributed by atoms with Crippen LogP contribution in [0.2, 0.25) is 0 Å². The van der Waals surface area contributed by atoms with Crippen molar-refractivity contribution in [1.82, 2.24) is 0 Å². The molecule has 0 amide bonds. The number of alkyl halides is 6. The summed E-state index contributed by atoms with van der Waals surface area (Å²) >= 11 is 0. The molecule has 2 aliphatic carbocycles. The van der Waals surface area contributed by atoms with Crippen molar-refractivity contribution < 1.29 is 31.1 Å². The van der Waals surface area contributed by atoms with Gasteiger partial charge in [-0.3, -0.25) is 0 Å². The summed E-state index contributed by atoms with van der Waals surface area (Å²) in [4.78, 5) is 4.17. The molecule has 2 aliphatic heterocycles. The minimum Gasteiger partial charge on any atom is -0.482 e. The predicted octanol–water partition coefficient (Wildman–Crippen LogP) is 16.5. The third kappa shape index (κ3) is 5.62. The molecule has 0 saturated heterocycles. The van der Waals surface area contributed by atoms with E-state index in [2.05, 4.69) is 95.9 Å². The van der Waals surface area contributed by atoms with Gasteiger partial charge in [-0.05, 0) is 110 Å². The molecule has 0 fully saturated rings. The Bertz CT molecular complexity index is 3560. The molecule has 0 aromatic heterocycles. The topological polar surface area (TPSA) is 15.7 Å². The van der Waals surface area contributed by atoms with E-state index in [4.69, 9.17) is 4.74 Å². The second-order valence-electron chi connectivity index (χ2n) is 17.7. The first-order valence-corrected chi connectivity index (χ1v) is 22.4. The number of anilines is 6. The monoisotopic (exact) mass is 902 g/mol. The van der Waals surface area contributed by atoms with Crippen LogP contribution in [-0.4, -0.2) is 12.3 Å². The molecular weight excluding hydrogens is 867 g/mol. The lowest BCUT2D eigenvalue weighted by Crippen LogP contribution is -2.36. The summed E-state index contributed by atoms with van der Waals surface area (Å²) in [6, 6.07) is 60.4. The molecule has 3 nitrogen and oxygen atoms in total. The third-order valence-corrected chi connectivity index (χ3v) is 14.2. The number of hydrogen-bond acceptors (Lipinski definition) is 3. The average Bonchev–Trinajstić information content (AvgIpc) is 3.89. The number of allylic oxidation sites excluding steroid dienone is 2. The highest BCUT2D eigenvalue weighted by molar-refractivity contribution is 6.17. The molecule has 0 bridgehead atoms. The highest BCUT2D eigenvalue weighted by Gasteiger charge is 2.54. The maximum atomic E-state index is 14.7. The largest absolute Gasteiger partial charge is 0.482 e. The van der Waals surface area contributed by atoms with Crippen LogP contribution in [0.4, 0.5) is 60.5 Å². The van der Waals surface area contributed by atoms with E-state index >= 15 is 0 Å². The standard InChI is InChI=1S/C59H36F6N2O/c60-58(61,62)36-29-31-38(32-30-36)67(51-27-13-21-43-42-20-12-24-47(59(63,64)65)55(42)68-56(43)51)52-34-48-54(41-19-7-6-18-40(41)52)53-39-17-5-4-14-35(39)28-33-46(53)57(48)44-22-8-10-25-49(44)66(37-15-2-1-3-16-37)50-26-11-9-23-45(50)57/h1-34,42,55H. The lowest BCUT2D eigenvalue weighted by molar-refractivity contribution is -0.137. The number of ether oxygens (including phenoxy) is 1. The summed E-state index contributed by atoms with van der Waals surface area (Å²) in [7, 11) is 0. The molecule has 0 radical (unpaired) electrons. The van der Waals surface area contributed by atoms with Crippen LogP contribution in [0.15, 0.2) is 212 Å². The second-order valence-corrected chi connectivity index (χ2v) is 17.7. The van der Waals surface area contributed by atoms with Crippen LogP contribution in [0.25, 0.3) is 32.7 Å². The van der Waals surface area contributed by atoms with Crippen LogP contribution in [0, 0.1) is 0 Å². The SMILES string of the molecule is FC(F)(F)C1=CC=CC2c3cccc(N(c4ccc(C(F)(F)F)cc4)c4cc5c(c6ccccc46)-c4c(ccc6ccccc46)C54c5ccccc5N(c5ccccc5)c5ccccc54)c3OC12. The molecule has 330 valence electrons. The van der Waals surface area contributed by atoms with E-state index in [0.717, 1.165) is 90.2 Å². The number of halogens is 6. The Morgan fingerprint density at radius 2 is 1.15 bits per heavy atom. The Hall–Kier alpha value is -8.04. The first kappa shape index (κ1) is 40.3. The minimum absolute atomic E-state index is 0.226. The number of rotatable bonds is 4. The molecule has 68 heavy (non-hydrogen) atoms. The fraction of sp³-hybridized carbons (Fsp3) is 0.0847. The Kier molecular flexibility index (Phi) is 8.57. The van der Waals surface area contributed by atoms with Gasteiger partial charge in [-0.1, -0.05) is 146 Å². The first-order chi connectivity index (χ1) is 33.0. The Balaban J connectivity index is 1.16. The van der Waals surface area contributed by atoms with E-state index in [-0.39, 0.29) is 5.75 Å².